The third-order valence-corrected chi connectivity index (χ3v) is 7.46. The number of H-pyrrole nitrogens is 1. The second kappa shape index (κ2) is 7.39. The molecule has 4 aromatic rings. The van der Waals surface area contributed by atoms with Gasteiger partial charge in [-0.1, -0.05) is 30.3 Å². The van der Waals surface area contributed by atoms with Crippen molar-refractivity contribution in [1.29, 1.82) is 0 Å². The number of hydrogen-bond acceptors (Lipinski definition) is 4. The van der Waals surface area contributed by atoms with Crippen molar-refractivity contribution >= 4 is 38.2 Å². The highest BCUT2D eigenvalue weighted by Crippen LogP contribution is 2.34. The van der Waals surface area contributed by atoms with E-state index in [1.54, 1.807) is 0 Å². The molecule has 1 saturated heterocycles. The first-order valence-electron chi connectivity index (χ1n) is 10.3. The molecule has 2 aromatic carbocycles. The summed E-state index contributed by atoms with van der Waals surface area (Å²) in [5, 5.41) is 2.28. The number of hydrogen-bond donors (Lipinski definition) is 1. The van der Waals surface area contributed by atoms with E-state index in [2.05, 4.69) is 41.1 Å². The fraction of sp³-hybridized carbons (Fsp3) is 0.333. The minimum atomic E-state index is -0.107. The summed E-state index contributed by atoms with van der Waals surface area (Å²) in [6.07, 6.45) is 2.12. The Morgan fingerprint density at radius 1 is 1.14 bits per heavy atom. The molecule has 0 aliphatic carbocycles. The molecule has 1 fully saturated rings. The number of fused-ring (bicyclic) bond motifs is 2. The number of nitrogens with one attached hydrogen (secondary N) is 1. The second-order valence-electron chi connectivity index (χ2n) is 8.04. The Kier molecular flexibility index (Phi) is 4.72. The van der Waals surface area contributed by atoms with E-state index >= 15 is 0 Å². The quantitative estimate of drug-likeness (QED) is 0.455. The van der Waals surface area contributed by atoms with Crippen LogP contribution in [0.1, 0.15) is 46.7 Å². The Morgan fingerprint density at radius 3 is 2.66 bits per heavy atom. The maximum Gasteiger partial charge on any atom is 0.182 e. The summed E-state index contributed by atoms with van der Waals surface area (Å²) in [6.45, 7) is 5.94. The smallest absolute Gasteiger partial charge is 0.182 e. The van der Waals surface area contributed by atoms with Gasteiger partial charge in [-0.2, -0.15) is 0 Å². The number of carbonyl (C=O) groups is 1. The summed E-state index contributed by atoms with van der Waals surface area (Å²) < 4.78 is 1.27. The largest absolute Gasteiger partial charge is 0.358 e. The van der Waals surface area contributed by atoms with E-state index in [1.807, 2.05) is 42.5 Å². The van der Waals surface area contributed by atoms with Crippen molar-refractivity contribution in [2.24, 2.45) is 0 Å². The number of aryl methyl sites for hydroxylation is 1. The summed E-state index contributed by atoms with van der Waals surface area (Å²) in [5.41, 5.74) is 3.96. The molecule has 2 aromatic heterocycles. The summed E-state index contributed by atoms with van der Waals surface area (Å²) >= 11 is 1.82. The number of benzene rings is 2. The van der Waals surface area contributed by atoms with Crippen molar-refractivity contribution in [2.75, 3.05) is 13.1 Å². The van der Waals surface area contributed by atoms with Crippen molar-refractivity contribution in [1.82, 2.24) is 14.9 Å². The van der Waals surface area contributed by atoms with Crippen molar-refractivity contribution < 1.29 is 4.79 Å². The monoisotopic (exact) mass is 403 g/mol. The molecular formula is C24H25N3OS. The molecular weight excluding hydrogens is 378 g/mol. The molecule has 5 rings (SSSR count). The summed E-state index contributed by atoms with van der Waals surface area (Å²) in [7, 11) is 0. The van der Waals surface area contributed by atoms with E-state index in [1.165, 1.54) is 9.71 Å². The minimum Gasteiger partial charge on any atom is -0.358 e. The minimum absolute atomic E-state index is 0.107. The van der Waals surface area contributed by atoms with Gasteiger partial charge in [0.25, 0.3) is 0 Å². The summed E-state index contributed by atoms with van der Waals surface area (Å²) in [6, 6.07) is 16.3. The number of ketones is 1. The van der Waals surface area contributed by atoms with E-state index in [0.29, 0.717) is 5.92 Å². The molecule has 148 valence electrons. The summed E-state index contributed by atoms with van der Waals surface area (Å²) in [5.74, 6) is 0.721. The Balaban J connectivity index is 1.31. The standard InChI is InChI=1S/C24H25N3OS/c1-15-22(18-7-3-4-8-19(18)25-15)23(28)16(2)27-13-11-17(12-14-27)24-26-20-9-5-6-10-21(20)29-24/h3-10,16-17,25H,11-14H2,1-2H3/t16-/m0/s1. The zero-order valence-electron chi connectivity index (χ0n) is 16.8. The predicted octanol–water partition coefficient (Wildman–Crippen LogP) is 5.54. The molecule has 1 N–H and O–H groups in total. The number of Topliss-reactive ketones (excluding diaryl/α,β-unsaturated/α-hetero) is 1. The lowest BCUT2D eigenvalue weighted by atomic mass is 9.94. The molecule has 1 aliphatic rings. The van der Waals surface area contributed by atoms with Gasteiger partial charge >= 0.3 is 0 Å². The van der Waals surface area contributed by atoms with Crippen molar-refractivity contribution in [3.8, 4) is 0 Å². The van der Waals surface area contributed by atoms with Gasteiger partial charge in [-0.15, -0.1) is 11.3 Å². The molecule has 0 saturated carbocycles. The molecule has 0 amide bonds. The van der Waals surface area contributed by atoms with Crippen LogP contribution in [0.15, 0.2) is 48.5 Å². The van der Waals surface area contributed by atoms with Gasteiger partial charge in [0.1, 0.15) is 0 Å². The van der Waals surface area contributed by atoms with E-state index in [4.69, 9.17) is 4.98 Å². The van der Waals surface area contributed by atoms with Gasteiger partial charge in [-0.05, 0) is 58.0 Å². The molecule has 0 bridgehead atoms. The topological polar surface area (TPSA) is 49.0 Å². The Hall–Kier alpha value is -2.50. The molecule has 1 aliphatic heterocycles. The van der Waals surface area contributed by atoms with Crippen molar-refractivity contribution in [3.05, 3.63) is 64.8 Å². The van der Waals surface area contributed by atoms with Gasteiger partial charge < -0.3 is 4.98 Å². The van der Waals surface area contributed by atoms with Crippen molar-refractivity contribution in [3.63, 3.8) is 0 Å². The maximum absolute atomic E-state index is 13.3. The second-order valence-corrected chi connectivity index (χ2v) is 9.10. The first kappa shape index (κ1) is 18.5. The van der Waals surface area contributed by atoms with Crippen LogP contribution in [0.2, 0.25) is 0 Å². The number of aromatic nitrogens is 2. The molecule has 0 radical (unpaired) electrons. The van der Waals surface area contributed by atoms with Gasteiger partial charge in [0.2, 0.25) is 0 Å². The van der Waals surface area contributed by atoms with Crippen LogP contribution in [0.5, 0.6) is 0 Å². The zero-order chi connectivity index (χ0) is 20.0. The highest BCUT2D eigenvalue weighted by atomic mass is 32.1. The normalized spacial score (nSPS) is 17.2. The number of carbonyl (C=O) groups excluding carboxylic acids is 1. The average molecular weight is 404 g/mol. The van der Waals surface area contributed by atoms with Crippen LogP contribution < -0.4 is 0 Å². The number of aromatic amines is 1. The third kappa shape index (κ3) is 3.28. The lowest BCUT2D eigenvalue weighted by Crippen LogP contribution is -2.43. The fourth-order valence-electron chi connectivity index (χ4n) is 4.57. The molecule has 0 unspecified atom stereocenters. The SMILES string of the molecule is Cc1[nH]c2ccccc2c1C(=O)[C@H](C)N1CCC(c2nc3ccccc3s2)CC1. The molecule has 5 heteroatoms. The maximum atomic E-state index is 13.3. The highest BCUT2D eigenvalue weighted by Gasteiger charge is 2.30. The Labute approximate surface area is 174 Å². The number of nitrogens with zero attached hydrogens (tertiary/aromatic N) is 2. The van der Waals surface area contributed by atoms with E-state index < -0.39 is 0 Å². The molecule has 4 nitrogen and oxygen atoms in total. The van der Waals surface area contributed by atoms with Crippen molar-refractivity contribution in [2.45, 2.75) is 38.6 Å². The third-order valence-electron chi connectivity index (χ3n) is 6.26. The van der Waals surface area contributed by atoms with Gasteiger partial charge in [-0.3, -0.25) is 9.69 Å². The van der Waals surface area contributed by atoms with Crippen LogP contribution in [0, 0.1) is 6.92 Å². The van der Waals surface area contributed by atoms with E-state index in [9.17, 15) is 4.79 Å². The van der Waals surface area contributed by atoms with E-state index in [-0.39, 0.29) is 11.8 Å². The van der Waals surface area contributed by atoms with Crippen LogP contribution in [-0.2, 0) is 0 Å². The molecule has 1 atom stereocenters. The number of thiazole rings is 1. The fourth-order valence-corrected chi connectivity index (χ4v) is 5.70. The summed E-state index contributed by atoms with van der Waals surface area (Å²) in [4.78, 5) is 23.9. The van der Waals surface area contributed by atoms with Crippen LogP contribution in [-0.4, -0.2) is 39.8 Å². The van der Waals surface area contributed by atoms with Crippen LogP contribution >= 0.6 is 11.3 Å². The van der Waals surface area contributed by atoms with Crippen LogP contribution in [0.3, 0.4) is 0 Å². The van der Waals surface area contributed by atoms with Gasteiger partial charge in [0.05, 0.1) is 21.3 Å². The van der Waals surface area contributed by atoms with Gasteiger partial charge in [-0.25, -0.2) is 4.98 Å². The molecule has 0 spiro atoms. The first-order valence-corrected chi connectivity index (χ1v) is 11.1. The zero-order valence-corrected chi connectivity index (χ0v) is 17.6. The number of para-hydroxylation sites is 2. The Bertz CT molecular complexity index is 1150. The lowest BCUT2D eigenvalue weighted by Gasteiger charge is -2.34. The number of piperidine rings is 1. The van der Waals surface area contributed by atoms with Gasteiger partial charge in [0.15, 0.2) is 5.78 Å². The first-order chi connectivity index (χ1) is 14.1. The number of likely N-dealkylation sites (tertiary alicyclic amines) is 1. The lowest BCUT2D eigenvalue weighted by molar-refractivity contribution is 0.0798. The van der Waals surface area contributed by atoms with Crippen LogP contribution in [0.4, 0.5) is 0 Å². The van der Waals surface area contributed by atoms with Crippen LogP contribution in [0.25, 0.3) is 21.1 Å². The Morgan fingerprint density at radius 2 is 1.86 bits per heavy atom. The van der Waals surface area contributed by atoms with E-state index in [0.717, 1.165) is 53.6 Å². The number of rotatable bonds is 4. The van der Waals surface area contributed by atoms with Gasteiger partial charge in [0, 0.05) is 28.1 Å². The highest BCUT2D eigenvalue weighted by molar-refractivity contribution is 7.18. The molecule has 3 heterocycles. The predicted molar refractivity (Wildman–Crippen MR) is 120 cm³/mol. The molecule has 29 heavy (non-hydrogen) atoms. The average Bonchev–Trinajstić information content (AvgIpc) is 3.33.